The lowest BCUT2D eigenvalue weighted by Gasteiger charge is -2.20. The Morgan fingerprint density at radius 3 is 2.33 bits per heavy atom. The van der Waals surface area contributed by atoms with E-state index in [1.54, 1.807) is 21.0 Å². The van der Waals surface area contributed by atoms with Gasteiger partial charge < -0.3 is 15.2 Å². The number of hydrogen-bond donors (Lipinski definition) is 2. The maximum atomic E-state index is 11.9. The average molecular weight is 293 g/mol. The summed E-state index contributed by atoms with van der Waals surface area (Å²) in [5.41, 5.74) is 0.0855. The van der Waals surface area contributed by atoms with Crippen LogP contribution >= 0.6 is 0 Å². The van der Waals surface area contributed by atoms with E-state index in [0.29, 0.717) is 6.42 Å². The zero-order valence-corrected chi connectivity index (χ0v) is 13.0. The first-order valence-electron chi connectivity index (χ1n) is 6.90. The summed E-state index contributed by atoms with van der Waals surface area (Å²) in [6, 6.07) is 7.57. The van der Waals surface area contributed by atoms with Gasteiger partial charge in [0.25, 0.3) is 0 Å². The molecule has 0 radical (unpaired) electrons. The van der Waals surface area contributed by atoms with Crippen LogP contribution < -0.4 is 10.1 Å². The van der Waals surface area contributed by atoms with Gasteiger partial charge in [0.1, 0.15) is 5.75 Å². The molecule has 0 fully saturated rings. The van der Waals surface area contributed by atoms with Crippen LogP contribution in [0.3, 0.4) is 0 Å². The lowest BCUT2D eigenvalue weighted by atomic mass is 9.93. The minimum Gasteiger partial charge on any atom is -0.497 e. The number of amides is 1. The van der Waals surface area contributed by atoms with Crippen LogP contribution in [-0.4, -0.2) is 30.6 Å². The fourth-order valence-electron chi connectivity index (χ4n) is 1.80. The van der Waals surface area contributed by atoms with E-state index in [2.05, 4.69) is 5.32 Å². The first-order chi connectivity index (χ1) is 9.76. The van der Waals surface area contributed by atoms with E-state index in [4.69, 9.17) is 9.84 Å². The smallest absolute Gasteiger partial charge is 0.310 e. The van der Waals surface area contributed by atoms with Gasteiger partial charge in [-0.05, 0) is 37.5 Å². The van der Waals surface area contributed by atoms with E-state index in [-0.39, 0.29) is 18.4 Å². The Labute approximate surface area is 125 Å². The molecule has 1 atom stereocenters. The van der Waals surface area contributed by atoms with Crippen molar-refractivity contribution in [2.45, 2.75) is 33.1 Å². The molecule has 5 nitrogen and oxygen atoms in total. The summed E-state index contributed by atoms with van der Waals surface area (Å²) in [6.07, 6.45) is 0.321. The molecule has 0 aliphatic heterocycles. The van der Waals surface area contributed by atoms with E-state index >= 15 is 0 Å². The van der Waals surface area contributed by atoms with Gasteiger partial charge in [-0.25, -0.2) is 0 Å². The molecule has 0 aliphatic rings. The van der Waals surface area contributed by atoms with Crippen LogP contribution in [0.2, 0.25) is 0 Å². The Kier molecular flexibility index (Phi) is 5.76. The summed E-state index contributed by atoms with van der Waals surface area (Å²) in [7, 11) is 1.61. The molecule has 1 aromatic carbocycles. The monoisotopic (exact) mass is 293 g/mol. The van der Waals surface area contributed by atoms with E-state index in [0.717, 1.165) is 11.3 Å². The Morgan fingerprint density at radius 2 is 1.86 bits per heavy atom. The minimum atomic E-state index is -0.959. The highest BCUT2D eigenvalue weighted by atomic mass is 16.5. The second kappa shape index (κ2) is 7.11. The number of methoxy groups -OCH3 is 1. The molecule has 1 rings (SSSR count). The number of ether oxygens (including phenoxy) is 1. The highest BCUT2D eigenvalue weighted by Gasteiger charge is 2.27. The molecule has 1 unspecified atom stereocenters. The van der Waals surface area contributed by atoms with Gasteiger partial charge >= 0.3 is 5.97 Å². The summed E-state index contributed by atoms with van der Waals surface area (Å²) >= 11 is 0. The van der Waals surface area contributed by atoms with Crippen LogP contribution in [-0.2, 0) is 9.59 Å². The number of rotatable bonds is 7. The molecule has 0 heterocycles. The van der Waals surface area contributed by atoms with Crippen molar-refractivity contribution in [2.75, 3.05) is 13.7 Å². The van der Waals surface area contributed by atoms with Crippen molar-refractivity contribution in [1.29, 1.82) is 0 Å². The zero-order chi connectivity index (χ0) is 16.0. The molecule has 0 spiro atoms. The van der Waals surface area contributed by atoms with Gasteiger partial charge in [0.05, 0.1) is 12.5 Å². The van der Waals surface area contributed by atoms with Crippen molar-refractivity contribution in [2.24, 2.45) is 5.41 Å². The Hall–Kier alpha value is -2.04. The fraction of sp³-hybridized carbons (Fsp3) is 0.500. The predicted octanol–water partition coefficient (Wildman–Crippen LogP) is 2.42. The molecule has 0 saturated carbocycles. The van der Waals surface area contributed by atoms with E-state index in [9.17, 15) is 9.59 Å². The van der Waals surface area contributed by atoms with Crippen molar-refractivity contribution in [1.82, 2.24) is 5.32 Å². The number of carbonyl (C=O) groups is 2. The SMILES string of the molecule is COc1ccc(C(C)CC(=O)NCC(C)(C)C(=O)O)cc1. The summed E-state index contributed by atoms with van der Waals surface area (Å²) in [4.78, 5) is 22.9. The van der Waals surface area contributed by atoms with Crippen LogP contribution in [0.4, 0.5) is 0 Å². The molecule has 116 valence electrons. The first kappa shape index (κ1) is 17.0. The first-order valence-corrected chi connectivity index (χ1v) is 6.90. The number of hydrogen-bond acceptors (Lipinski definition) is 3. The predicted molar refractivity (Wildman–Crippen MR) is 80.5 cm³/mol. The van der Waals surface area contributed by atoms with Crippen LogP contribution in [0.15, 0.2) is 24.3 Å². The largest absolute Gasteiger partial charge is 0.497 e. The second-order valence-corrected chi connectivity index (χ2v) is 5.84. The summed E-state index contributed by atoms with van der Waals surface area (Å²) in [5, 5.41) is 11.7. The number of nitrogens with one attached hydrogen (secondary N) is 1. The quantitative estimate of drug-likeness (QED) is 0.809. The molecule has 0 saturated heterocycles. The van der Waals surface area contributed by atoms with Crippen molar-refractivity contribution in [3.8, 4) is 5.75 Å². The summed E-state index contributed by atoms with van der Waals surface area (Å²) < 4.78 is 5.09. The van der Waals surface area contributed by atoms with Crippen molar-refractivity contribution < 1.29 is 19.4 Å². The lowest BCUT2D eigenvalue weighted by Crippen LogP contribution is -2.39. The molecule has 0 aliphatic carbocycles. The topological polar surface area (TPSA) is 75.6 Å². The number of carboxylic acid groups (broad SMARTS) is 1. The second-order valence-electron chi connectivity index (χ2n) is 5.84. The van der Waals surface area contributed by atoms with Crippen molar-refractivity contribution in [3.63, 3.8) is 0 Å². The van der Waals surface area contributed by atoms with Gasteiger partial charge in [0, 0.05) is 13.0 Å². The maximum Gasteiger partial charge on any atom is 0.310 e. The molecule has 0 bridgehead atoms. The molecule has 21 heavy (non-hydrogen) atoms. The molecule has 0 aromatic heterocycles. The highest BCUT2D eigenvalue weighted by Crippen LogP contribution is 2.22. The maximum absolute atomic E-state index is 11.9. The van der Waals surface area contributed by atoms with Crippen molar-refractivity contribution >= 4 is 11.9 Å². The summed E-state index contributed by atoms with van der Waals surface area (Å²) in [6.45, 7) is 5.26. The van der Waals surface area contributed by atoms with Crippen LogP contribution in [0.1, 0.15) is 38.7 Å². The lowest BCUT2D eigenvalue weighted by molar-refractivity contribution is -0.146. The number of carboxylic acids is 1. The van der Waals surface area contributed by atoms with Gasteiger partial charge in [-0.15, -0.1) is 0 Å². The van der Waals surface area contributed by atoms with Gasteiger partial charge in [0.15, 0.2) is 0 Å². The molecule has 5 heteroatoms. The molecule has 1 aromatic rings. The van der Waals surface area contributed by atoms with Gasteiger partial charge in [-0.1, -0.05) is 19.1 Å². The van der Waals surface area contributed by atoms with E-state index in [1.807, 2.05) is 31.2 Å². The van der Waals surface area contributed by atoms with E-state index < -0.39 is 11.4 Å². The van der Waals surface area contributed by atoms with Crippen LogP contribution in [0, 0.1) is 5.41 Å². The van der Waals surface area contributed by atoms with Crippen LogP contribution in [0.25, 0.3) is 0 Å². The number of carbonyl (C=O) groups excluding carboxylic acids is 1. The van der Waals surface area contributed by atoms with Crippen LogP contribution in [0.5, 0.6) is 5.75 Å². The molecular formula is C16H23NO4. The Balaban J connectivity index is 2.52. The third-order valence-electron chi connectivity index (χ3n) is 3.48. The fourth-order valence-corrected chi connectivity index (χ4v) is 1.80. The normalized spacial score (nSPS) is 12.6. The van der Waals surface area contributed by atoms with Gasteiger partial charge in [-0.2, -0.15) is 0 Å². The van der Waals surface area contributed by atoms with Gasteiger partial charge in [0.2, 0.25) is 5.91 Å². The number of benzene rings is 1. The summed E-state index contributed by atoms with van der Waals surface area (Å²) in [5.74, 6) is -0.235. The molecule has 1 amide bonds. The minimum absolute atomic E-state index is 0.0591. The molecular weight excluding hydrogens is 270 g/mol. The third kappa shape index (κ3) is 5.10. The van der Waals surface area contributed by atoms with Gasteiger partial charge in [-0.3, -0.25) is 9.59 Å². The average Bonchev–Trinajstić information content (AvgIpc) is 2.45. The van der Waals surface area contributed by atoms with E-state index in [1.165, 1.54) is 0 Å². The Morgan fingerprint density at radius 1 is 1.29 bits per heavy atom. The zero-order valence-electron chi connectivity index (χ0n) is 13.0. The molecule has 2 N–H and O–H groups in total. The van der Waals surface area contributed by atoms with Crippen molar-refractivity contribution in [3.05, 3.63) is 29.8 Å². The Bertz CT molecular complexity index is 494. The highest BCUT2D eigenvalue weighted by molar-refractivity contribution is 5.79. The number of aliphatic carboxylic acids is 1. The third-order valence-corrected chi connectivity index (χ3v) is 3.48. The standard InChI is InChI=1S/C16H23NO4/c1-11(12-5-7-13(21-4)8-6-12)9-14(18)17-10-16(2,3)15(19)20/h5-8,11H,9-10H2,1-4H3,(H,17,18)(H,19,20).